The molecule has 0 spiro atoms. The van der Waals surface area contributed by atoms with Gasteiger partial charge >= 0.3 is 11.8 Å². The van der Waals surface area contributed by atoms with Crippen LogP contribution in [0.4, 0.5) is 11.4 Å². The van der Waals surface area contributed by atoms with Crippen LogP contribution < -0.4 is 16.1 Å². The standard InChI is InChI=1S/C24H16Br2Cl2N4O3/c1-12-2-5-16(11-17(12)27)29-22(33)21-9-13-8-14(25)4-7-20(13)32(21)31-24(35)23(34)30-19-6-3-15(26)10-18(19)28/h2-11H,1H3,(H,29,33)(H,30,34)(H,31,35). The van der Waals surface area contributed by atoms with Gasteiger partial charge in [0.1, 0.15) is 5.69 Å². The summed E-state index contributed by atoms with van der Waals surface area (Å²) < 4.78 is 2.77. The lowest BCUT2D eigenvalue weighted by Crippen LogP contribution is -2.36. The number of aryl methyl sites for hydroxylation is 1. The van der Waals surface area contributed by atoms with Gasteiger partial charge in [0.15, 0.2) is 0 Å². The molecule has 0 aliphatic carbocycles. The van der Waals surface area contributed by atoms with Crippen LogP contribution in [0.2, 0.25) is 10.0 Å². The second-order valence-electron chi connectivity index (χ2n) is 7.51. The van der Waals surface area contributed by atoms with Crippen LogP contribution in [0.5, 0.6) is 0 Å². The minimum absolute atomic E-state index is 0.109. The molecule has 0 aliphatic heterocycles. The van der Waals surface area contributed by atoms with Gasteiger partial charge in [-0.15, -0.1) is 0 Å². The fourth-order valence-electron chi connectivity index (χ4n) is 3.26. The SMILES string of the molecule is Cc1ccc(NC(=O)c2cc3cc(Br)ccc3n2NC(=O)C(=O)Nc2ccc(Br)cc2Cl)cc1Cl. The summed E-state index contributed by atoms with van der Waals surface area (Å²) in [6.45, 7) is 1.85. The van der Waals surface area contributed by atoms with Gasteiger partial charge in [-0.25, -0.2) is 4.68 Å². The number of halogens is 4. The molecule has 4 aromatic rings. The third-order valence-corrected chi connectivity index (χ3v) is 6.73. The number of carbonyl (C=O) groups excluding carboxylic acids is 3. The van der Waals surface area contributed by atoms with E-state index in [0.717, 1.165) is 14.5 Å². The van der Waals surface area contributed by atoms with Crippen molar-refractivity contribution in [2.45, 2.75) is 6.92 Å². The van der Waals surface area contributed by atoms with Gasteiger partial charge in [0.05, 0.1) is 16.2 Å². The van der Waals surface area contributed by atoms with Crippen molar-refractivity contribution in [3.63, 3.8) is 0 Å². The van der Waals surface area contributed by atoms with Crippen molar-refractivity contribution >= 4 is 95.1 Å². The summed E-state index contributed by atoms with van der Waals surface area (Å²) >= 11 is 19.0. The lowest BCUT2D eigenvalue weighted by atomic mass is 10.2. The first-order valence-electron chi connectivity index (χ1n) is 10.1. The molecule has 4 rings (SSSR count). The van der Waals surface area contributed by atoms with Gasteiger partial charge in [-0.1, -0.05) is 61.1 Å². The van der Waals surface area contributed by atoms with Crippen LogP contribution in [0, 0.1) is 6.92 Å². The first-order chi connectivity index (χ1) is 16.6. The van der Waals surface area contributed by atoms with Gasteiger partial charge in [0.2, 0.25) is 0 Å². The van der Waals surface area contributed by atoms with Crippen LogP contribution in [0.3, 0.4) is 0 Å². The van der Waals surface area contributed by atoms with E-state index in [9.17, 15) is 14.4 Å². The summed E-state index contributed by atoms with van der Waals surface area (Å²) in [5, 5.41) is 6.67. The summed E-state index contributed by atoms with van der Waals surface area (Å²) in [5.41, 5.74) is 4.75. The van der Waals surface area contributed by atoms with Gasteiger partial charge < -0.3 is 10.6 Å². The minimum Gasteiger partial charge on any atom is -0.321 e. The van der Waals surface area contributed by atoms with Crippen molar-refractivity contribution in [2.24, 2.45) is 0 Å². The number of benzene rings is 3. The van der Waals surface area contributed by atoms with Crippen LogP contribution >= 0.6 is 55.1 Å². The number of amides is 3. The summed E-state index contributed by atoms with van der Waals surface area (Å²) in [5.74, 6) is -2.45. The topological polar surface area (TPSA) is 92.2 Å². The fraction of sp³-hybridized carbons (Fsp3) is 0.0417. The number of nitrogens with zero attached hydrogens (tertiary/aromatic N) is 1. The maximum atomic E-state index is 13.1. The van der Waals surface area contributed by atoms with Crippen molar-refractivity contribution in [3.05, 3.63) is 90.9 Å². The highest BCUT2D eigenvalue weighted by Gasteiger charge is 2.22. The van der Waals surface area contributed by atoms with Crippen LogP contribution in [0.25, 0.3) is 10.9 Å². The normalized spacial score (nSPS) is 10.8. The molecule has 0 fully saturated rings. The Morgan fingerprint density at radius 2 is 1.51 bits per heavy atom. The monoisotopic (exact) mass is 636 g/mol. The lowest BCUT2D eigenvalue weighted by molar-refractivity contribution is -0.133. The highest BCUT2D eigenvalue weighted by Crippen LogP contribution is 2.27. The lowest BCUT2D eigenvalue weighted by Gasteiger charge is -2.13. The number of carbonyl (C=O) groups is 3. The molecule has 11 heteroatoms. The molecule has 178 valence electrons. The van der Waals surface area contributed by atoms with Crippen LogP contribution in [0.15, 0.2) is 69.6 Å². The maximum Gasteiger partial charge on any atom is 0.328 e. The number of aromatic nitrogens is 1. The Kier molecular flexibility index (Phi) is 7.51. The Morgan fingerprint density at radius 1 is 0.800 bits per heavy atom. The largest absolute Gasteiger partial charge is 0.328 e. The van der Waals surface area contributed by atoms with E-state index in [2.05, 4.69) is 47.9 Å². The van der Waals surface area contributed by atoms with E-state index in [-0.39, 0.29) is 16.4 Å². The van der Waals surface area contributed by atoms with E-state index in [1.54, 1.807) is 60.7 Å². The van der Waals surface area contributed by atoms with E-state index in [1.807, 2.05) is 6.92 Å². The first kappa shape index (κ1) is 25.2. The summed E-state index contributed by atoms with van der Waals surface area (Å²) in [4.78, 5) is 38.5. The number of fused-ring (bicyclic) bond motifs is 1. The third-order valence-electron chi connectivity index (χ3n) is 5.02. The van der Waals surface area contributed by atoms with E-state index in [1.165, 1.54) is 4.68 Å². The van der Waals surface area contributed by atoms with Crippen molar-refractivity contribution < 1.29 is 14.4 Å². The Labute approximate surface area is 227 Å². The second-order valence-corrected chi connectivity index (χ2v) is 10.2. The number of anilines is 2. The predicted octanol–water partition coefficient (Wildman–Crippen LogP) is 6.74. The molecule has 1 heterocycles. The molecule has 0 aliphatic rings. The Morgan fingerprint density at radius 3 is 2.23 bits per heavy atom. The average Bonchev–Trinajstić information content (AvgIpc) is 3.15. The summed E-state index contributed by atoms with van der Waals surface area (Å²) in [6.07, 6.45) is 0. The van der Waals surface area contributed by atoms with Crippen molar-refractivity contribution in [1.29, 1.82) is 0 Å². The van der Waals surface area contributed by atoms with Gasteiger partial charge in [-0.3, -0.25) is 19.8 Å². The molecule has 0 saturated heterocycles. The maximum absolute atomic E-state index is 13.1. The minimum atomic E-state index is -0.989. The van der Waals surface area contributed by atoms with Gasteiger partial charge in [-0.2, -0.15) is 0 Å². The average molecular weight is 639 g/mol. The van der Waals surface area contributed by atoms with E-state index >= 15 is 0 Å². The highest BCUT2D eigenvalue weighted by atomic mass is 79.9. The molecule has 0 unspecified atom stereocenters. The second kappa shape index (κ2) is 10.4. The fourth-order valence-corrected chi connectivity index (χ4v) is 4.54. The Balaban J connectivity index is 1.63. The molecule has 35 heavy (non-hydrogen) atoms. The number of rotatable bonds is 4. The number of hydrogen-bond acceptors (Lipinski definition) is 3. The Bertz CT molecular complexity index is 1500. The summed E-state index contributed by atoms with van der Waals surface area (Å²) in [7, 11) is 0. The molecule has 0 saturated carbocycles. The van der Waals surface area contributed by atoms with E-state index in [0.29, 0.717) is 21.6 Å². The number of hydrogen-bond donors (Lipinski definition) is 3. The molecule has 1 aromatic heterocycles. The molecule has 0 bridgehead atoms. The molecular weight excluding hydrogens is 623 g/mol. The van der Waals surface area contributed by atoms with E-state index < -0.39 is 17.7 Å². The van der Waals surface area contributed by atoms with Crippen LogP contribution in [-0.2, 0) is 9.59 Å². The molecule has 7 nitrogen and oxygen atoms in total. The van der Waals surface area contributed by atoms with Crippen LogP contribution in [0.1, 0.15) is 16.1 Å². The predicted molar refractivity (Wildman–Crippen MR) is 146 cm³/mol. The molecule has 3 amide bonds. The molecule has 3 aromatic carbocycles. The molecular formula is C24H16Br2Cl2N4O3. The van der Waals surface area contributed by atoms with E-state index in [4.69, 9.17) is 23.2 Å². The Hall–Kier alpha value is -2.85. The smallest absolute Gasteiger partial charge is 0.321 e. The van der Waals surface area contributed by atoms with Crippen molar-refractivity contribution in [1.82, 2.24) is 4.68 Å². The van der Waals surface area contributed by atoms with Gasteiger partial charge in [0.25, 0.3) is 5.91 Å². The molecule has 0 atom stereocenters. The molecule has 3 N–H and O–H groups in total. The zero-order chi connectivity index (χ0) is 25.3. The van der Waals surface area contributed by atoms with Crippen LogP contribution in [-0.4, -0.2) is 22.4 Å². The highest BCUT2D eigenvalue weighted by molar-refractivity contribution is 9.10. The van der Waals surface area contributed by atoms with Crippen molar-refractivity contribution in [3.8, 4) is 0 Å². The first-order valence-corrected chi connectivity index (χ1v) is 12.4. The van der Waals surface area contributed by atoms with Gasteiger partial charge in [0, 0.05) is 25.0 Å². The van der Waals surface area contributed by atoms with Crippen molar-refractivity contribution in [2.75, 3.05) is 16.1 Å². The zero-order valence-corrected chi connectivity index (χ0v) is 22.6. The summed E-state index contributed by atoms with van der Waals surface area (Å²) in [6, 6.07) is 16.8. The van der Waals surface area contributed by atoms with Gasteiger partial charge in [-0.05, 0) is 67.1 Å². The third kappa shape index (κ3) is 5.70. The quantitative estimate of drug-likeness (QED) is 0.216. The molecule has 0 radical (unpaired) electrons. The number of nitrogens with one attached hydrogen (secondary N) is 3. The zero-order valence-electron chi connectivity index (χ0n) is 18.0.